The van der Waals surface area contributed by atoms with E-state index in [2.05, 4.69) is 36.5 Å². The molecule has 3 aliphatic heterocycles. The highest BCUT2D eigenvalue weighted by Crippen LogP contribution is 2.28. The number of fused-ring (bicyclic) bond motifs is 1. The molecule has 12 heteroatoms. The number of Topliss-reactive ketones (excluding diaryl/α,β-unsaturated/α-hetero) is 1. The van der Waals surface area contributed by atoms with Crippen LogP contribution >= 0.6 is 0 Å². The van der Waals surface area contributed by atoms with Crippen LogP contribution < -0.4 is 11.1 Å². The van der Waals surface area contributed by atoms with Gasteiger partial charge in [0, 0.05) is 31.7 Å². The zero-order valence-corrected chi connectivity index (χ0v) is 23.9. The molecule has 0 saturated carbocycles. The molecule has 0 bridgehead atoms. The predicted molar refractivity (Wildman–Crippen MR) is 151 cm³/mol. The Hall–Kier alpha value is -3.48. The zero-order valence-electron chi connectivity index (χ0n) is 23.9. The quantitative estimate of drug-likeness (QED) is 0.424. The minimum Gasteiger partial charge on any atom is -0.483 e. The number of aryl methyl sites for hydroxylation is 1. The third-order valence-corrected chi connectivity index (χ3v) is 6.88. The number of benzene rings is 1. The molecule has 1 aromatic carbocycles. The molecule has 0 spiro atoms. The number of carbonyl (C=O) groups excluding carboxylic acids is 5. The van der Waals surface area contributed by atoms with Crippen LogP contribution in [0.15, 0.2) is 30.3 Å². The lowest BCUT2D eigenvalue weighted by molar-refractivity contribution is -0.146. The molecule has 0 radical (unpaired) electrons. The molecule has 3 unspecified atom stereocenters. The highest BCUT2D eigenvalue weighted by Gasteiger charge is 2.44. The van der Waals surface area contributed by atoms with Crippen molar-refractivity contribution in [1.29, 1.82) is 0 Å². The van der Waals surface area contributed by atoms with Crippen molar-refractivity contribution in [3.05, 3.63) is 35.9 Å². The first kappa shape index (κ1) is 36.5. The molecular formula is C28H45N5O7. The summed E-state index contributed by atoms with van der Waals surface area (Å²) in [4.78, 5) is 67.4. The van der Waals surface area contributed by atoms with Gasteiger partial charge in [0.1, 0.15) is 25.8 Å². The molecule has 3 atom stereocenters. The van der Waals surface area contributed by atoms with Gasteiger partial charge in [0.25, 0.3) is 6.47 Å². The number of ketones is 1. The number of nitrogens with one attached hydrogen (secondary N) is 1. The molecule has 0 aliphatic carbocycles. The number of piperidine rings is 1. The Bertz CT molecular complexity index is 894. The van der Waals surface area contributed by atoms with E-state index in [-0.39, 0.29) is 36.2 Å². The minimum absolute atomic E-state index is 0.000258. The van der Waals surface area contributed by atoms with Gasteiger partial charge in [-0.15, -0.1) is 0 Å². The predicted octanol–water partition coefficient (Wildman–Crippen LogP) is 0.326. The van der Waals surface area contributed by atoms with Crippen LogP contribution in [0.4, 0.5) is 0 Å². The summed E-state index contributed by atoms with van der Waals surface area (Å²) in [6.07, 6.45) is 3.65. The summed E-state index contributed by atoms with van der Waals surface area (Å²) < 4.78 is 0. The second kappa shape index (κ2) is 20.4. The van der Waals surface area contributed by atoms with E-state index in [1.54, 1.807) is 4.90 Å². The Morgan fingerprint density at radius 2 is 1.65 bits per heavy atom. The number of nitrogens with zero attached hydrogens (tertiary/aromatic N) is 3. The topological polar surface area (TPSA) is 170 Å². The maximum absolute atomic E-state index is 12.8. The lowest BCUT2D eigenvalue weighted by Gasteiger charge is -2.39. The maximum atomic E-state index is 12.8. The summed E-state index contributed by atoms with van der Waals surface area (Å²) >= 11 is 0. The van der Waals surface area contributed by atoms with Crippen LogP contribution in [0, 0.1) is 0 Å². The fourth-order valence-electron chi connectivity index (χ4n) is 5.01. The second-order valence-electron chi connectivity index (χ2n) is 9.58. The van der Waals surface area contributed by atoms with Crippen LogP contribution in [-0.2, 0) is 35.2 Å². The molecule has 2 amide bonds. The highest BCUT2D eigenvalue weighted by molar-refractivity contribution is 5.93. The highest BCUT2D eigenvalue weighted by atomic mass is 16.3. The van der Waals surface area contributed by atoms with Crippen LogP contribution in [-0.4, -0.2) is 115 Å². The fraction of sp³-hybridized carbons (Fsp3) is 0.571. The number of hydrogen-bond acceptors (Lipinski definition) is 9. The third-order valence-electron chi connectivity index (χ3n) is 6.88. The van der Waals surface area contributed by atoms with E-state index in [1.165, 1.54) is 12.5 Å². The summed E-state index contributed by atoms with van der Waals surface area (Å²) in [5.74, 6) is -0.293. The van der Waals surface area contributed by atoms with Crippen molar-refractivity contribution < 1.29 is 33.9 Å². The van der Waals surface area contributed by atoms with Gasteiger partial charge in [-0.1, -0.05) is 37.3 Å². The summed E-state index contributed by atoms with van der Waals surface area (Å²) in [7, 11) is 1.93. The van der Waals surface area contributed by atoms with Crippen molar-refractivity contribution >= 4 is 37.6 Å². The zero-order chi connectivity index (χ0) is 30.7. The molecule has 224 valence electrons. The SMILES string of the molecule is C=O.C=O.CC(=O)C(NC(=O)C1CCC2CN(C)CC(=O)N21)N1CCC(N)CC1.CCc1ccccc1.O=CO. The number of hydrogen-bond donors (Lipinski definition) is 3. The molecule has 3 aliphatic rings. The molecule has 3 saturated heterocycles. The van der Waals surface area contributed by atoms with Crippen molar-refractivity contribution in [3.8, 4) is 0 Å². The first-order valence-electron chi connectivity index (χ1n) is 13.2. The number of carbonyl (C=O) groups is 6. The van der Waals surface area contributed by atoms with Gasteiger partial charge in [-0.2, -0.15) is 0 Å². The lowest BCUT2D eigenvalue weighted by atomic mass is 10.0. The molecule has 3 fully saturated rings. The van der Waals surface area contributed by atoms with Gasteiger partial charge in [-0.05, 0) is 51.6 Å². The van der Waals surface area contributed by atoms with Gasteiger partial charge in [0.2, 0.25) is 11.8 Å². The maximum Gasteiger partial charge on any atom is 0.290 e. The second-order valence-corrected chi connectivity index (χ2v) is 9.58. The Morgan fingerprint density at radius 1 is 1.10 bits per heavy atom. The van der Waals surface area contributed by atoms with Gasteiger partial charge in [-0.3, -0.25) is 29.0 Å². The number of likely N-dealkylation sites (tertiary alicyclic amines) is 1. The van der Waals surface area contributed by atoms with Crippen LogP contribution in [0.3, 0.4) is 0 Å². The summed E-state index contributed by atoms with van der Waals surface area (Å²) in [5, 5.41) is 9.79. The van der Waals surface area contributed by atoms with Gasteiger partial charge in [-0.25, -0.2) is 0 Å². The van der Waals surface area contributed by atoms with Crippen molar-refractivity contribution in [2.45, 2.75) is 70.2 Å². The fourth-order valence-corrected chi connectivity index (χ4v) is 5.01. The number of likely N-dealkylation sites (N-methyl/N-ethyl adjacent to an activating group) is 1. The van der Waals surface area contributed by atoms with E-state index in [4.69, 9.17) is 25.2 Å². The standard InChI is InChI=1S/C17H29N5O3.C8H10.CH2O2.2CH2O/c1-11(23)16(21-7-5-12(18)6-8-21)19-17(25)14-4-3-13-9-20(2)10-15(24)22(13)14;1-2-8-6-4-3-5-7-8;2-1-3;2*1-2/h12-14,16H,3-10,18H2,1-2H3,(H,19,25);3-7H,2H2,1H3;1H,(H,2,3);2*1H2. The molecule has 40 heavy (non-hydrogen) atoms. The van der Waals surface area contributed by atoms with E-state index in [0.717, 1.165) is 32.2 Å². The van der Waals surface area contributed by atoms with Crippen molar-refractivity contribution in [3.63, 3.8) is 0 Å². The number of carboxylic acid groups (broad SMARTS) is 1. The number of rotatable bonds is 5. The molecule has 0 aromatic heterocycles. The van der Waals surface area contributed by atoms with E-state index < -0.39 is 12.2 Å². The largest absolute Gasteiger partial charge is 0.483 e. The average Bonchev–Trinajstić information content (AvgIpc) is 3.40. The summed E-state index contributed by atoms with van der Waals surface area (Å²) in [5.41, 5.74) is 7.34. The first-order chi connectivity index (χ1) is 19.2. The minimum atomic E-state index is -0.624. The Kier molecular flexibility index (Phi) is 18.7. The molecule has 3 heterocycles. The smallest absolute Gasteiger partial charge is 0.290 e. The van der Waals surface area contributed by atoms with Crippen LogP contribution in [0.25, 0.3) is 0 Å². The number of nitrogens with two attached hydrogens (primary N) is 1. The van der Waals surface area contributed by atoms with Crippen molar-refractivity contribution in [2.24, 2.45) is 5.73 Å². The summed E-state index contributed by atoms with van der Waals surface area (Å²) in [6.45, 7) is 9.96. The van der Waals surface area contributed by atoms with Gasteiger partial charge >= 0.3 is 0 Å². The Balaban J connectivity index is 0.000000841. The molecule has 4 rings (SSSR count). The third kappa shape index (κ3) is 11.7. The Morgan fingerprint density at radius 3 is 2.12 bits per heavy atom. The van der Waals surface area contributed by atoms with E-state index in [0.29, 0.717) is 26.1 Å². The van der Waals surface area contributed by atoms with Crippen LogP contribution in [0.5, 0.6) is 0 Å². The van der Waals surface area contributed by atoms with E-state index in [1.807, 2.05) is 36.5 Å². The number of amides is 2. The molecule has 1 aromatic rings. The van der Waals surface area contributed by atoms with Gasteiger partial charge in [0.15, 0.2) is 5.78 Å². The molecule has 4 N–H and O–H groups in total. The van der Waals surface area contributed by atoms with Crippen molar-refractivity contribution in [2.75, 3.05) is 33.2 Å². The van der Waals surface area contributed by atoms with E-state index in [9.17, 15) is 14.4 Å². The van der Waals surface area contributed by atoms with Crippen LogP contribution in [0.1, 0.15) is 45.1 Å². The Labute approximate surface area is 236 Å². The van der Waals surface area contributed by atoms with Gasteiger partial charge < -0.3 is 30.6 Å². The van der Waals surface area contributed by atoms with E-state index >= 15 is 0 Å². The number of piperazine rings is 1. The monoisotopic (exact) mass is 563 g/mol. The summed E-state index contributed by atoms with van der Waals surface area (Å²) in [6, 6.07) is 10.3. The van der Waals surface area contributed by atoms with Gasteiger partial charge in [0.05, 0.1) is 6.54 Å². The normalized spacial score (nSPS) is 21.2. The molecule has 12 nitrogen and oxygen atoms in total. The lowest BCUT2D eigenvalue weighted by Crippen LogP contribution is -2.61. The first-order valence-corrected chi connectivity index (χ1v) is 13.2. The average molecular weight is 564 g/mol. The van der Waals surface area contributed by atoms with Crippen LogP contribution in [0.2, 0.25) is 0 Å². The molecular weight excluding hydrogens is 518 g/mol. The van der Waals surface area contributed by atoms with Crippen molar-refractivity contribution in [1.82, 2.24) is 20.0 Å².